The van der Waals surface area contributed by atoms with E-state index in [1.807, 2.05) is 41.5 Å². The number of aliphatic carboxylic acids is 2. The topological polar surface area (TPSA) is 80.3 Å². The van der Waals surface area contributed by atoms with E-state index in [1.165, 1.54) is 0 Å². The van der Waals surface area contributed by atoms with Gasteiger partial charge in [0.25, 0.3) is 0 Å². The van der Waals surface area contributed by atoms with E-state index in [-0.39, 0.29) is 39.7 Å². The quantitative estimate of drug-likeness (QED) is 0.706. The van der Waals surface area contributed by atoms with Gasteiger partial charge in [0.05, 0.1) is 0 Å². The van der Waals surface area contributed by atoms with Crippen molar-refractivity contribution in [2.45, 2.75) is 55.4 Å². The number of rotatable bonds is 2. The van der Waals surface area contributed by atoms with Gasteiger partial charge in [-0.1, -0.05) is 55.4 Å². The summed E-state index contributed by atoms with van der Waals surface area (Å²) in [7, 11) is 0. The standard InChI is InChI=1S/2C7H14O2.Cu/c2*1-5(6(8)9)7(2,3)4;/h2*5H,1-4H3,(H,8,9);/q;;+2/p-2. The molecule has 0 N–H and O–H groups in total. The Bertz CT molecular complexity index is 257. The van der Waals surface area contributed by atoms with Gasteiger partial charge in [0.15, 0.2) is 0 Å². The Balaban J connectivity index is -0.000000256. The molecule has 0 amide bonds. The van der Waals surface area contributed by atoms with Gasteiger partial charge >= 0.3 is 17.1 Å². The van der Waals surface area contributed by atoms with Gasteiger partial charge < -0.3 is 19.8 Å². The fourth-order valence-corrected chi connectivity index (χ4v) is 0.707. The van der Waals surface area contributed by atoms with Gasteiger partial charge in [0.2, 0.25) is 0 Å². The maximum absolute atomic E-state index is 10.2. The van der Waals surface area contributed by atoms with Crippen LogP contribution in [0, 0.1) is 22.7 Å². The molecular formula is C14H26CuO4. The van der Waals surface area contributed by atoms with Crippen LogP contribution in [-0.2, 0) is 26.7 Å². The summed E-state index contributed by atoms with van der Waals surface area (Å²) in [6.45, 7) is 14.6. The first-order valence-corrected chi connectivity index (χ1v) is 6.13. The number of carboxylic acid groups (broad SMARTS) is 2. The molecule has 4 nitrogen and oxygen atoms in total. The summed E-state index contributed by atoms with van der Waals surface area (Å²) >= 11 is 0. The van der Waals surface area contributed by atoms with Crippen molar-refractivity contribution in [2.75, 3.05) is 0 Å². The normalized spacial score (nSPS) is 14.3. The molecule has 0 aliphatic rings. The summed E-state index contributed by atoms with van der Waals surface area (Å²) in [5, 5.41) is 20.5. The largest absolute Gasteiger partial charge is 2.00 e. The van der Waals surface area contributed by atoms with Crippen LogP contribution in [0.25, 0.3) is 0 Å². The van der Waals surface area contributed by atoms with Crippen LogP contribution in [0.2, 0.25) is 0 Å². The zero-order valence-electron chi connectivity index (χ0n) is 13.1. The zero-order valence-corrected chi connectivity index (χ0v) is 14.0. The minimum absolute atomic E-state index is 0. The monoisotopic (exact) mass is 321 g/mol. The Kier molecular flexibility index (Phi) is 10.7. The molecule has 0 fully saturated rings. The number of hydrogen-bond donors (Lipinski definition) is 0. The Morgan fingerprint density at radius 2 is 0.895 bits per heavy atom. The first-order chi connectivity index (χ1) is 7.71. The minimum Gasteiger partial charge on any atom is -0.550 e. The van der Waals surface area contributed by atoms with E-state index >= 15 is 0 Å². The Morgan fingerprint density at radius 3 is 0.895 bits per heavy atom. The molecule has 2 unspecified atom stereocenters. The van der Waals surface area contributed by atoms with Crippen molar-refractivity contribution in [1.29, 1.82) is 0 Å². The fraction of sp³-hybridized carbons (Fsp3) is 0.857. The predicted molar refractivity (Wildman–Crippen MR) is 67.3 cm³/mol. The maximum atomic E-state index is 10.2. The SMILES string of the molecule is CC(C(=O)[O-])C(C)(C)C.CC(C(=O)[O-])C(C)(C)C.[Cu+2]. The van der Waals surface area contributed by atoms with Crippen LogP contribution in [0.1, 0.15) is 55.4 Å². The van der Waals surface area contributed by atoms with Gasteiger partial charge in [-0.15, -0.1) is 0 Å². The van der Waals surface area contributed by atoms with Gasteiger partial charge in [0.1, 0.15) is 0 Å². The average Bonchev–Trinajstić information content (AvgIpc) is 2.13. The van der Waals surface area contributed by atoms with Gasteiger partial charge in [-0.3, -0.25) is 0 Å². The van der Waals surface area contributed by atoms with E-state index < -0.39 is 11.9 Å². The minimum atomic E-state index is -0.970. The Hall–Kier alpha value is -0.541. The molecule has 19 heavy (non-hydrogen) atoms. The molecule has 0 aromatic heterocycles. The van der Waals surface area contributed by atoms with Crippen LogP contribution >= 0.6 is 0 Å². The molecule has 0 bridgehead atoms. The molecule has 0 rings (SSSR count). The summed E-state index contributed by atoms with van der Waals surface area (Å²) in [5.41, 5.74) is -0.363. The summed E-state index contributed by atoms with van der Waals surface area (Å²) in [6.07, 6.45) is 0. The summed E-state index contributed by atoms with van der Waals surface area (Å²) < 4.78 is 0. The molecule has 5 heteroatoms. The van der Waals surface area contributed by atoms with E-state index in [2.05, 4.69) is 0 Å². The van der Waals surface area contributed by atoms with E-state index in [9.17, 15) is 19.8 Å². The molecule has 0 aromatic carbocycles. The molecule has 0 aromatic rings. The van der Waals surface area contributed by atoms with Crippen molar-refractivity contribution in [1.82, 2.24) is 0 Å². The van der Waals surface area contributed by atoms with Crippen LogP contribution < -0.4 is 10.2 Å². The van der Waals surface area contributed by atoms with E-state index in [0.29, 0.717) is 0 Å². The Morgan fingerprint density at radius 1 is 0.737 bits per heavy atom. The van der Waals surface area contributed by atoms with Crippen molar-refractivity contribution in [2.24, 2.45) is 22.7 Å². The summed E-state index contributed by atoms with van der Waals surface area (Å²) in [5.74, 6) is -2.69. The fourth-order valence-electron chi connectivity index (χ4n) is 0.707. The molecule has 1 radical (unpaired) electrons. The molecule has 0 aliphatic heterocycles. The second kappa shape index (κ2) is 8.59. The third-order valence-electron chi connectivity index (χ3n) is 3.31. The Labute approximate surface area is 127 Å². The first kappa shape index (κ1) is 23.5. The van der Waals surface area contributed by atoms with Gasteiger partial charge in [0, 0.05) is 23.8 Å². The number of carboxylic acids is 2. The first-order valence-electron chi connectivity index (χ1n) is 6.13. The van der Waals surface area contributed by atoms with E-state index in [4.69, 9.17) is 0 Å². The molecule has 117 valence electrons. The smallest absolute Gasteiger partial charge is 0.550 e. The molecule has 0 saturated heterocycles. The van der Waals surface area contributed by atoms with E-state index in [1.54, 1.807) is 13.8 Å². The van der Waals surface area contributed by atoms with Crippen molar-refractivity contribution in [3.8, 4) is 0 Å². The van der Waals surface area contributed by atoms with Crippen molar-refractivity contribution >= 4 is 11.9 Å². The van der Waals surface area contributed by atoms with Crippen LogP contribution in [0.3, 0.4) is 0 Å². The second-order valence-electron chi connectivity index (χ2n) is 6.81. The average molecular weight is 322 g/mol. The summed E-state index contributed by atoms with van der Waals surface area (Å²) in [6, 6.07) is 0. The molecule has 0 aliphatic carbocycles. The molecule has 2 atom stereocenters. The zero-order chi connectivity index (χ0) is 15.3. The summed E-state index contributed by atoms with van der Waals surface area (Å²) in [4.78, 5) is 20.5. The number of hydrogen-bond acceptors (Lipinski definition) is 4. The van der Waals surface area contributed by atoms with Crippen molar-refractivity contribution < 1.29 is 36.9 Å². The third kappa shape index (κ3) is 11.0. The van der Waals surface area contributed by atoms with Gasteiger partial charge in [-0.2, -0.15) is 0 Å². The van der Waals surface area contributed by atoms with Crippen LogP contribution in [0.4, 0.5) is 0 Å². The second-order valence-corrected chi connectivity index (χ2v) is 6.81. The van der Waals surface area contributed by atoms with Crippen molar-refractivity contribution in [3.05, 3.63) is 0 Å². The number of carbonyl (C=O) groups is 2. The van der Waals surface area contributed by atoms with Crippen LogP contribution in [0.15, 0.2) is 0 Å². The van der Waals surface area contributed by atoms with Crippen LogP contribution in [0.5, 0.6) is 0 Å². The van der Waals surface area contributed by atoms with Crippen LogP contribution in [-0.4, -0.2) is 11.9 Å². The molecular weight excluding hydrogens is 296 g/mol. The molecule has 0 saturated carbocycles. The molecule has 0 heterocycles. The van der Waals surface area contributed by atoms with Crippen molar-refractivity contribution in [3.63, 3.8) is 0 Å². The molecule has 0 spiro atoms. The van der Waals surface area contributed by atoms with Gasteiger partial charge in [-0.25, -0.2) is 0 Å². The van der Waals surface area contributed by atoms with Gasteiger partial charge in [-0.05, 0) is 10.8 Å². The number of carbonyl (C=O) groups excluding carboxylic acids is 2. The predicted octanol–water partition coefficient (Wildman–Crippen LogP) is 0.834. The third-order valence-corrected chi connectivity index (χ3v) is 3.31. The van der Waals surface area contributed by atoms with E-state index in [0.717, 1.165) is 0 Å². The maximum Gasteiger partial charge on any atom is 2.00 e.